The molecule has 2 saturated carbocycles. The van der Waals surface area contributed by atoms with Gasteiger partial charge in [-0.2, -0.15) is 4.98 Å². The van der Waals surface area contributed by atoms with Gasteiger partial charge in [0.25, 0.3) is 0 Å². The molecule has 3 aliphatic rings. The van der Waals surface area contributed by atoms with E-state index in [1.54, 1.807) is 12.3 Å². The van der Waals surface area contributed by atoms with E-state index in [0.717, 1.165) is 62.7 Å². The van der Waals surface area contributed by atoms with Crippen LogP contribution in [0.1, 0.15) is 71.7 Å². The molecule has 2 aliphatic carbocycles. The Balaban J connectivity index is 1.03. The van der Waals surface area contributed by atoms with E-state index < -0.39 is 5.97 Å². The van der Waals surface area contributed by atoms with E-state index in [9.17, 15) is 4.79 Å². The average Bonchev–Trinajstić information content (AvgIpc) is 3.80. The second kappa shape index (κ2) is 8.51. The number of benzene rings is 1. The number of carboxylic acids is 1. The summed E-state index contributed by atoms with van der Waals surface area (Å²) in [7, 11) is 0. The van der Waals surface area contributed by atoms with Crippen LogP contribution in [-0.4, -0.2) is 51.9 Å². The van der Waals surface area contributed by atoms with Crippen LogP contribution in [0.15, 0.2) is 53.2 Å². The fraction of sp³-hybridized carbons (Fsp3) is 0.462. The molecule has 0 amide bonds. The standard InChI is InChI=1S/C26H29N5O3/c32-24(33)21-7-6-19(15-27-21)31-12-8-18(9-13-31)23-29-25(30-34-23)26(10-11-26)16-28-22-14-20(22)17-4-2-1-3-5-17/h1-7,15,18,20,22,28H,8-14,16H2,(H,32,33)/t20?,22-/m0/s1. The molecule has 3 fully saturated rings. The summed E-state index contributed by atoms with van der Waals surface area (Å²) in [5.41, 5.74) is 2.47. The van der Waals surface area contributed by atoms with Crippen LogP contribution in [0.4, 0.5) is 5.69 Å². The maximum Gasteiger partial charge on any atom is 0.354 e. The monoisotopic (exact) mass is 459 g/mol. The van der Waals surface area contributed by atoms with Gasteiger partial charge in [-0.1, -0.05) is 35.5 Å². The number of aromatic carboxylic acids is 1. The maximum absolute atomic E-state index is 11.0. The number of aromatic nitrogens is 3. The highest BCUT2D eigenvalue weighted by atomic mass is 16.5. The lowest BCUT2D eigenvalue weighted by Crippen LogP contribution is -2.33. The number of anilines is 1. The molecule has 3 aromatic rings. The topological polar surface area (TPSA) is 104 Å². The number of nitrogens with zero attached hydrogens (tertiary/aromatic N) is 4. The Morgan fingerprint density at radius 2 is 1.94 bits per heavy atom. The van der Waals surface area contributed by atoms with Crippen molar-refractivity contribution in [1.29, 1.82) is 0 Å². The smallest absolute Gasteiger partial charge is 0.354 e. The van der Waals surface area contributed by atoms with E-state index >= 15 is 0 Å². The number of hydrogen-bond donors (Lipinski definition) is 2. The molecule has 3 heterocycles. The van der Waals surface area contributed by atoms with Crippen LogP contribution in [0.5, 0.6) is 0 Å². The second-order valence-electron chi connectivity index (χ2n) is 9.94. The number of carbonyl (C=O) groups is 1. The molecule has 8 heteroatoms. The summed E-state index contributed by atoms with van der Waals surface area (Å²) in [5, 5.41) is 17.2. The minimum Gasteiger partial charge on any atom is -0.477 e. The summed E-state index contributed by atoms with van der Waals surface area (Å²) in [4.78, 5) is 22.1. The first kappa shape index (κ1) is 21.3. The van der Waals surface area contributed by atoms with Crippen LogP contribution in [0.25, 0.3) is 0 Å². The number of pyridine rings is 1. The summed E-state index contributed by atoms with van der Waals surface area (Å²) in [6.45, 7) is 2.62. The summed E-state index contributed by atoms with van der Waals surface area (Å²) in [6, 6.07) is 14.7. The van der Waals surface area contributed by atoms with Gasteiger partial charge in [0.2, 0.25) is 5.89 Å². The van der Waals surface area contributed by atoms with Crippen molar-refractivity contribution in [2.24, 2.45) is 0 Å². The lowest BCUT2D eigenvalue weighted by Gasteiger charge is -2.31. The van der Waals surface area contributed by atoms with Crippen LogP contribution in [-0.2, 0) is 5.41 Å². The Labute approximate surface area is 198 Å². The lowest BCUT2D eigenvalue weighted by molar-refractivity contribution is 0.0690. The predicted octanol–water partition coefficient (Wildman–Crippen LogP) is 3.72. The number of nitrogens with one attached hydrogen (secondary N) is 1. The van der Waals surface area contributed by atoms with Crippen molar-refractivity contribution in [2.45, 2.75) is 55.4 Å². The molecule has 2 atom stereocenters. The fourth-order valence-electron chi connectivity index (χ4n) is 5.15. The number of rotatable bonds is 8. The van der Waals surface area contributed by atoms with Gasteiger partial charge < -0.3 is 19.8 Å². The first-order valence-electron chi connectivity index (χ1n) is 12.2. The highest BCUT2D eigenvalue weighted by molar-refractivity contribution is 5.85. The van der Waals surface area contributed by atoms with Crippen molar-refractivity contribution in [2.75, 3.05) is 24.5 Å². The first-order valence-corrected chi connectivity index (χ1v) is 12.2. The van der Waals surface area contributed by atoms with Gasteiger partial charge in [-0.3, -0.25) is 0 Å². The quantitative estimate of drug-likeness (QED) is 0.525. The Hall–Kier alpha value is -3.26. The summed E-state index contributed by atoms with van der Waals surface area (Å²) >= 11 is 0. The predicted molar refractivity (Wildman–Crippen MR) is 126 cm³/mol. The Bertz CT molecular complexity index is 1150. The van der Waals surface area contributed by atoms with Gasteiger partial charge in [0.05, 0.1) is 11.9 Å². The van der Waals surface area contributed by atoms with Crippen LogP contribution in [0.2, 0.25) is 0 Å². The van der Waals surface area contributed by atoms with E-state index in [4.69, 9.17) is 14.6 Å². The largest absolute Gasteiger partial charge is 0.477 e. The van der Waals surface area contributed by atoms with Crippen molar-refractivity contribution < 1.29 is 14.4 Å². The summed E-state index contributed by atoms with van der Waals surface area (Å²) in [5.74, 6) is 1.50. The molecule has 34 heavy (non-hydrogen) atoms. The van der Waals surface area contributed by atoms with Crippen molar-refractivity contribution in [3.8, 4) is 0 Å². The van der Waals surface area contributed by atoms with E-state index in [2.05, 4.69) is 50.7 Å². The van der Waals surface area contributed by atoms with Gasteiger partial charge in [0.1, 0.15) is 5.69 Å². The van der Waals surface area contributed by atoms with E-state index in [0.29, 0.717) is 12.0 Å². The first-order chi connectivity index (χ1) is 16.6. The van der Waals surface area contributed by atoms with Gasteiger partial charge in [-0.15, -0.1) is 0 Å². The molecule has 0 radical (unpaired) electrons. The van der Waals surface area contributed by atoms with Crippen LogP contribution < -0.4 is 10.2 Å². The molecule has 176 valence electrons. The Morgan fingerprint density at radius 1 is 1.15 bits per heavy atom. The molecular formula is C26H29N5O3. The second-order valence-corrected chi connectivity index (χ2v) is 9.94. The van der Waals surface area contributed by atoms with Gasteiger partial charge in [0, 0.05) is 42.9 Å². The molecule has 8 nitrogen and oxygen atoms in total. The number of hydrogen-bond acceptors (Lipinski definition) is 7. The molecule has 1 unspecified atom stereocenters. The normalized spacial score (nSPS) is 23.6. The fourth-order valence-corrected chi connectivity index (χ4v) is 5.15. The minimum atomic E-state index is -1.01. The van der Waals surface area contributed by atoms with Crippen molar-refractivity contribution in [1.82, 2.24) is 20.4 Å². The highest BCUT2D eigenvalue weighted by Gasteiger charge is 2.50. The summed E-state index contributed by atoms with van der Waals surface area (Å²) in [6.07, 6.45) is 6.91. The van der Waals surface area contributed by atoms with Gasteiger partial charge >= 0.3 is 5.97 Å². The van der Waals surface area contributed by atoms with Crippen molar-refractivity contribution >= 4 is 11.7 Å². The molecule has 6 rings (SSSR count). The third kappa shape index (κ3) is 4.18. The lowest BCUT2D eigenvalue weighted by atomic mass is 9.96. The van der Waals surface area contributed by atoms with Crippen molar-refractivity contribution in [3.05, 3.63) is 71.6 Å². The molecule has 0 bridgehead atoms. The number of piperidine rings is 1. The SMILES string of the molecule is O=C(O)c1ccc(N2CCC(c3nc(C4(CN[C@H]5CC5c5ccccc5)CC4)no3)CC2)cn1. The van der Waals surface area contributed by atoms with Crippen molar-refractivity contribution in [3.63, 3.8) is 0 Å². The highest BCUT2D eigenvalue weighted by Crippen LogP contribution is 2.48. The minimum absolute atomic E-state index is 0.0316. The third-order valence-corrected chi connectivity index (χ3v) is 7.67. The summed E-state index contributed by atoms with van der Waals surface area (Å²) < 4.78 is 5.74. The molecular weight excluding hydrogens is 430 g/mol. The molecule has 2 aromatic heterocycles. The van der Waals surface area contributed by atoms with Crippen LogP contribution >= 0.6 is 0 Å². The van der Waals surface area contributed by atoms with Crippen LogP contribution in [0, 0.1) is 0 Å². The van der Waals surface area contributed by atoms with E-state index in [1.807, 2.05) is 6.07 Å². The van der Waals surface area contributed by atoms with Gasteiger partial charge in [0.15, 0.2) is 5.82 Å². The molecule has 1 aliphatic heterocycles. The molecule has 2 N–H and O–H groups in total. The van der Waals surface area contributed by atoms with E-state index in [-0.39, 0.29) is 17.0 Å². The zero-order valence-electron chi connectivity index (χ0n) is 19.1. The van der Waals surface area contributed by atoms with Gasteiger partial charge in [-0.05, 0) is 49.8 Å². The van der Waals surface area contributed by atoms with E-state index in [1.165, 1.54) is 12.0 Å². The molecule has 1 aromatic carbocycles. The third-order valence-electron chi connectivity index (χ3n) is 7.67. The zero-order valence-corrected chi connectivity index (χ0v) is 19.1. The van der Waals surface area contributed by atoms with Gasteiger partial charge in [-0.25, -0.2) is 9.78 Å². The average molecular weight is 460 g/mol. The Morgan fingerprint density at radius 3 is 2.62 bits per heavy atom. The van der Waals surface area contributed by atoms with Crippen LogP contribution in [0.3, 0.4) is 0 Å². The molecule has 0 spiro atoms. The molecule has 1 saturated heterocycles. The Kier molecular flexibility index (Phi) is 5.32. The zero-order chi connectivity index (χ0) is 23.1. The number of carboxylic acid groups (broad SMARTS) is 1. The maximum atomic E-state index is 11.0.